The van der Waals surface area contributed by atoms with Gasteiger partial charge in [-0.25, -0.2) is 19.4 Å². The van der Waals surface area contributed by atoms with Gasteiger partial charge in [0.05, 0.1) is 6.20 Å². The van der Waals surface area contributed by atoms with Gasteiger partial charge in [-0.15, -0.1) is 0 Å². The van der Waals surface area contributed by atoms with Gasteiger partial charge in [0.1, 0.15) is 17.5 Å². The summed E-state index contributed by atoms with van der Waals surface area (Å²) in [7, 11) is 0. The number of ether oxygens (including phenoxy) is 1. The number of nitrogens with zero attached hydrogens (tertiary/aromatic N) is 6. The van der Waals surface area contributed by atoms with E-state index >= 15 is 0 Å². The number of anilines is 3. The number of carbonyl (C=O) groups is 3. The van der Waals surface area contributed by atoms with E-state index in [0.717, 1.165) is 37.7 Å². The third-order valence-electron chi connectivity index (χ3n) is 7.81. The monoisotopic (exact) mass is 581 g/mol. The third-order valence-corrected chi connectivity index (χ3v) is 7.81. The molecule has 1 aromatic carbocycles. The SMILES string of the molecule is CCN(CC)c1ncc(N(CC)C(=O)N2CCCCC2)c(NC(Cc2ccc(OC(=O)N3CCCC3)cc2)C(=O)O)n1. The number of carboxylic acid groups (broad SMARTS) is 1. The Bertz CT molecular complexity index is 1210. The molecular weight excluding hydrogens is 538 g/mol. The second kappa shape index (κ2) is 14.7. The van der Waals surface area contributed by atoms with Gasteiger partial charge < -0.3 is 29.9 Å². The molecular formula is C30H43N7O5. The van der Waals surface area contributed by atoms with Crippen LogP contribution in [0.2, 0.25) is 0 Å². The van der Waals surface area contributed by atoms with Crippen LogP contribution in [0.3, 0.4) is 0 Å². The molecule has 1 atom stereocenters. The predicted molar refractivity (Wildman–Crippen MR) is 161 cm³/mol. The zero-order valence-corrected chi connectivity index (χ0v) is 24.9. The average Bonchev–Trinajstić information content (AvgIpc) is 3.55. The number of carbonyl (C=O) groups excluding carboxylic acids is 2. The van der Waals surface area contributed by atoms with E-state index in [4.69, 9.17) is 9.72 Å². The van der Waals surface area contributed by atoms with E-state index in [1.807, 2.05) is 30.6 Å². The Morgan fingerprint density at radius 3 is 2.14 bits per heavy atom. The summed E-state index contributed by atoms with van der Waals surface area (Å²) in [5.41, 5.74) is 1.19. The number of nitrogens with one attached hydrogen (secondary N) is 1. The summed E-state index contributed by atoms with van der Waals surface area (Å²) in [5.74, 6) is 0.106. The first-order chi connectivity index (χ1) is 20.3. The minimum absolute atomic E-state index is 0.134. The van der Waals surface area contributed by atoms with E-state index in [1.165, 1.54) is 0 Å². The number of aromatic nitrogens is 2. The molecule has 2 aliphatic rings. The maximum absolute atomic E-state index is 13.5. The van der Waals surface area contributed by atoms with Crippen LogP contribution >= 0.6 is 0 Å². The number of hydrogen-bond donors (Lipinski definition) is 2. The normalized spacial score (nSPS) is 15.7. The fourth-order valence-electron chi connectivity index (χ4n) is 5.35. The van der Waals surface area contributed by atoms with Crippen LogP contribution in [0.4, 0.5) is 27.0 Å². The first-order valence-corrected chi connectivity index (χ1v) is 15.1. The topological polar surface area (TPSA) is 131 Å². The quantitative estimate of drug-likeness (QED) is 0.395. The summed E-state index contributed by atoms with van der Waals surface area (Å²) in [6.45, 7) is 10.4. The smallest absolute Gasteiger partial charge is 0.415 e. The van der Waals surface area contributed by atoms with Crippen molar-refractivity contribution in [3.8, 4) is 5.75 Å². The number of hydrogen-bond acceptors (Lipinski definition) is 8. The molecule has 2 saturated heterocycles. The van der Waals surface area contributed by atoms with Gasteiger partial charge in [-0.3, -0.25) is 4.90 Å². The largest absolute Gasteiger partial charge is 0.480 e. The summed E-state index contributed by atoms with van der Waals surface area (Å²) >= 11 is 0. The average molecular weight is 582 g/mol. The lowest BCUT2D eigenvalue weighted by molar-refractivity contribution is -0.137. The second-order valence-corrected chi connectivity index (χ2v) is 10.6. The van der Waals surface area contributed by atoms with Crippen molar-refractivity contribution in [2.24, 2.45) is 0 Å². The number of urea groups is 1. The van der Waals surface area contributed by atoms with Crippen molar-refractivity contribution in [1.82, 2.24) is 19.8 Å². The molecule has 12 nitrogen and oxygen atoms in total. The van der Waals surface area contributed by atoms with Crippen LogP contribution in [0.25, 0.3) is 0 Å². The van der Waals surface area contributed by atoms with Crippen molar-refractivity contribution in [3.63, 3.8) is 0 Å². The Hall–Kier alpha value is -4.09. The lowest BCUT2D eigenvalue weighted by Crippen LogP contribution is -2.46. The highest BCUT2D eigenvalue weighted by atomic mass is 16.6. The molecule has 0 saturated carbocycles. The minimum Gasteiger partial charge on any atom is -0.480 e. The molecule has 0 aliphatic carbocycles. The Kier molecular flexibility index (Phi) is 10.8. The predicted octanol–water partition coefficient (Wildman–Crippen LogP) is 4.46. The van der Waals surface area contributed by atoms with Gasteiger partial charge in [0.15, 0.2) is 5.82 Å². The maximum Gasteiger partial charge on any atom is 0.415 e. The molecule has 2 N–H and O–H groups in total. The second-order valence-electron chi connectivity index (χ2n) is 10.6. The summed E-state index contributed by atoms with van der Waals surface area (Å²) in [6, 6.07) is 5.69. The summed E-state index contributed by atoms with van der Waals surface area (Å²) in [5, 5.41) is 13.3. The van der Waals surface area contributed by atoms with Crippen molar-refractivity contribution >= 4 is 35.5 Å². The number of piperidine rings is 1. The van der Waals surface area contributed by atoms with Gasteiger partial charge in [-0.1, -0.05) is 12.1 Å². The number of rotatable bonds is 11. The number of likely N-dealkylation sites (tertiary alicyclic amines) is 2. The van der Waals surface area contributed by atoms with E-state index in [-0.39, 0.29) is 18.5 Å². The molecule has 2 aromatic rings. The van der Waals surface area contributed by atoms with E-state index in [0.29, 0.717) is 69.0 Å². The first-order valence-electron chi connectivity index (χ1n) is 15.1. The zero-order chi connectivity index (χ0) is 30.1. The number of benzene rings is 1. The molecule has 228 valence electrons. The number of carboxylic acids is 1. The molecule has 0 spiro atoms. The van der Waals surface area contributed by atoms with Crippen molar-refractivity contribution in [2.45, 2.75) is 65.3 Å². The molecule has 3 amide bonds. The van der Waals surface area contributed by atoms with Crippen LogP contribution in [0.15, 0.2) is 30.5 Å². The number of amides is 3. The third kappa shape index (κ3) is 7.59. The number of aliphatic carboxylic acids is 1. The van der Waals surface area contributed by atoms with Crippen LogP contribution < -0.4 is 19.9 Å². The zero-order valence-electron chi connectivity index (χ0n) is 24.9. The summed E-state index contributed by atoms with van der Waals surface area (Å²) in [6.07, 6.45) is 6.36. The van der Waals surface area contributed by atoms with Crippen molar-refractivity contribution in [1.29, 1.82) is 0 Å². The van der Waals surface area contributed by atoms with Gasteiger partial charge in [-0.05, 0) is 70.6 Å². The van der Waals surface area contributed by atoms with E-state index < -0.39 is 12.0 Å². The molecule has 12 heteroatoms. The molecule has 4 rings (SSSR count). The Balaban J connectivity index is 1.56. The standard InChI is InChI=1S/C30H43N7O5/c1-4-34(5-2)28-31-21-25(37(6-3)29(40)35-16-8-7-9-17-35)26(33-28)32-24(27(38)39)20-22-12-14-23(15-13-22)42-30(41)36-18-10-11-19-36/h12-15,21,24H,4-11,16-20H2,1-3H3,(H,38,39)(H,31,32,33). The van der Waals surface area contributed by atoms with E-state index in [2.05, 4.69) is 10.3 Å². The highest BCUT2D eigenvalue weighted by Crippen LogP contribution is 2.29. The minimum atomic E-state index is -1.06. The lowest BCUT2D eigenvalue weighted by Gasteiger charge is -2.33. The molecule has 1 unspecified atom stereocenters. The Morgan fingerprint density at radius 1 is 0.929 bits per heavy atom. The molecule has 0 bridgehead atoms. The van der Waals surface area contributed by atoms with Crippen LogP contribution in [-0.4, -0.2) is 94.8 Å². The van der Waals surface area contributed by atoms with E-state index in [9.17, 15) is 19.5 Å². The molecule has 1 aromatic heterocycles. The van der Waals surface area contributed by atoms with E-state index in [1.54, 1.807) is 40.3 Å². The van der Waals surface area contributed by atoms with Gasteiger partial charge in [0.2, 0.25) is 5.95 Å². The van der Waals surface area contributed by atoms with Gasteiger partial charge in [-0.2, -0.15) is 4.98 Å². The molecule has 0 radical (unpaired) electrons. The Labute approximate surface area is 247 Å². The first kappa shape index (κ1) is 30.9. The summed E-state index contributed by atoms with van der Waals surface area (Å²) in [4.78, 5) is 54.7. The lowest BCUT2D eigenvalue weighted by atomic mass is 10.1. The highest BCUT2D eigenvalue weighted by molar-refractivity contribution is 5.95. The van der Waals surface area contributed by atoms with Gasteiger partial charge in [0.25, 0.3) is 0 Å². The maximum atomic E-state index is 13.5. The van der Waals surface area contributed by atoms with Crippen molar-refractivity contribution in [2.75, 3.05) is 60.9 Å². The highest BCUT2D eigenvalue weighted by Gasteiger charge is 2.28. The molecule has 42 heavy (non-hydrogen) atoms. The van der Waals surface area contributed by atoms with Crippen LogP contribution in [0, 0.1) is 0 Å². The fourth-order valence-corrected chi connectivity index (χ4v) is 5.35. The van der Waals surface area contributed by atoms with Gasteiger partial charge >= 0.3 is 18.1 Å². The molecule has 2 fully saturated rings. The Morgan fingerprint density at radius 2 is 1.55 bits per heavy atom. The molecule has 2 aliphatic heterocycles. The van der Waals surface area contributed by atoms with Crippen molar-refractivity contribution < 1.29 is 24.2 Å². The van der Waals surface area contributed by atoms with Gasteiger partial charge in [0, 0.05) is 52.2 Å². The molecule has 3 heterocycles. The van der Waals surface area contributed by atoms with Crippen LogP contribution in [0.1, 0.15) is 58.4 Å². The van der Waals surface area contributed by atoms with Crippen LogP contribution in [0.5, 0.6) is 5.75 Å². The fraction of sp³-hybridized carbons (Fsp3) is 0.567. The van der Waals surface area contributed by atoms with Crippen LogP contribution in [-0.2, 0) is 11.2 Å². The summed E-state index contributed by atoms with van der Waals surface area (Å²) < 4.78 is 5.48. The van der Waals surface area contributed by atoms with Crippen molar-refractivity contribution in [3.05, 3.63) is 36.0 Å².